The van der Waals surface area contributed by atoms with Crippen LogP contribution in [0.4, 0.5) is 16.3 Å². The summed E-state index contributed by atoms with van der Waals surface area (Å²) in [6.07, 6.45) is 2.89. The number of carbonyl (C=O) groups excluding carboxylic acids is 1. The molecule has 0 saturated carbocycles. The monoisotopic (exact) mass is 510 g/mol. The number of urea groups is 1. The van der Waals surface area contributed by atoms with Crippen molar-refractivity contribution >= 4 is 28.6 Å². The summed E-state index contributed by atoms with van der Waals surface area (Å²) in [5.74, 6) is 3.10. The number of nitrogens with one attached hydrogen (secondary N) is 1. The number of carbonyl (C=O) groups is 1. The van der Waals surface area contributed by atoms with Crippen molar-refractivity contribution in [3.63, 3.8) is 0 Å². The summed E-state index contributed by atoms with van der Waals surface area (Å²) in [5.41, 5.74) is 10.7. The van der Waals surface area contributed by atoms with E-state index < -0.39 is 0 Å². The van der Waals surface area contributed by atoms with Gasteiger partial charge < -0.3 is 34.7 Å². The minimum atomic E-state index is -0.115. The van der Waals surface area contributed by atoms with Crippen LogP contribution in [0.3, 0.4) is 0 Å². The zero-order valence-electron chi connectivity index (χ0n) is 22.5. The predicted molar refractivity (Wildman–Crippen MR) is 144 cm³/mol. The van der Waals surface area contributed by atoms with Crippen molar-refractivity contribution in [1.82, 2.24) is 19.4 Å². The van der Waals surface area contributed by atoms with Gasteiger partial charge in [-0.15, -0.1) is 0 Å². The zero-order chi connectivity index (χ0) is 26.5. The molecule has 1 aromatic carbocycles. The largest absolute Gasteiger partial charge is 0.497 e. The molecule has 37 heavy (non-hydrogen) atoms. The summed E-state index contributed by atoms with van der Waals surface area (Å²) in [5, 5.41) is 2.98. The van der Waals surface area contributed by atoms with Gasteiger partial charge in [0, 0.05) is 38.0 Å². The zero-order valence-corrected chi connectivity index (χ0v) is 22.5. The highest BCUT2D eigenvalue weighted by molar-refractivity contribution is 5.91. The number of fused-ring (bicyclic) bond motifs is 1. The fraction of sp³-hybridized carbons (Fsp3) is 0.519. The maximum absolute atomic E-state index is 12.9. The number of imidazole rings is 1. The lowest BCUT2D eigenvalue weighted by atomic mass is 9.93. The number of pyridine rings is 1. The van der Waals surface area contributed by atoms with Gasteiger partial charge in [0.2, 0.25) is 0 Å². The Hall–Kier alpha value is -3.53. The number of amides is 2. The fourth-order valence-corrected chi connectivity index (χ4v) is 4.92. The van der Waals surface area contributed by atoms with Crippen molar-refractivity contribution in [3.05, 3.63) is 35.3 Å². The number of aromatic nitrogens is 3. The van der Waals surface area contributed by atoms with Gasteiger partial charge in [0.05, 0.1) is 25.4 Å². The smallest absolute Gasteiger partial charge is 0.321 e. The lowest BCUT2D eigenvalue weighted by Crippen LogP contribution is -2.41. The first-order valence-corrected chi connectivity index (χ1v) is 12.8. The number of hydrogen-bond donors (Lipinski definition) is 2. The van der Waals surface area contributed by atoms with E-state index in [4.69, 9.17) is 24.9 Å². The van der Waals surface area contributed by atoms with Crippen molar-refractivity contribution < 1.29 is 19.0 Å². The normalized spacial score (nSPS) is 14.2. The number of piperidine rings is 1. The summed E-state index contributed by atoms with van der Waals surface area (Å²) < 4.78 is 18.6. The minimum Gasteiger partial charge on any atom is -0.497 e. The van der Waals surface area contributed by atoms with Gasteiger partial charge in [-0.1, -0.05) is 0 Å². The number of anilines is 2. The Morgan fingerprint density at radius 3 is 2.59 bits per heavy atom. The van der Waals surface area contributed by atoms with Crippen LogP contribution in [0.5, 0.6) is 11.5 Å². The molecule has 1 saturated heterocycles. The van der Waals surface area contributed by atoms with Crippen LogP contribution in [0, 0.1) is 19.8 Å². The van der Waals surface area contributed by atoms with Crippen molar-refractivity contribution in [1.29, 1.82) is 0 Å². The Balaban J connectivity index is 1.39. The molecule has 0 unspecified atom stereocenters. The molecule has 3 heterocycles. The second-order valence-corrected chi connectivity index (χ2v) is 9.44. The van der Waals surface area contributed by atoms with Crippen LogP contribution in [0.15, 0.2) is 18.2 Å². The van der Waals surface area contributed by atoms with Gasteiger partial charge >= 0.3 is 6.03 Å². The van der Waals surface area contributed by atoms with Crippen molar-refractivity contribution in [2.24, 2.45) is 5.92 Å². The molecule has 200 valence electrons. The Morgan fingerprint density at radius 2 is 1.92 bits per heavy atom. The van der Waals surface area contributed by atoms with E-state index in [0.29, 0.717) is 55.2 Å². The molecule has 4 rings (SSSR count). The van der Waals surface area contributed by atoms with Crippen LogP contribution in [-0.4, -0.2) is 59.4 Å². The first-order valence-electron chi connectivity index (χ1n) is 12.8. The number of ether oxygens (including phenoxy) is 3. The van der Waals surface area contributed by atoms with E-state index in [1.54, 1.807) is 32.4 Å². The highest BCUT2D eigenvalue weighted by Crippen LogP contribution is 2.31. The van der Waals surface area contributed by atoms with E-state index in [2.05, 4.69) is 21.8 Å². The third-order valence-corrected chi connectivity index (χ3v) is 7.22. The standard InChI is InChI=1S/C27H38N6O4/c1-6-37-16-23-31-24-25(17(2)18(3)29-26(24)28)33(23)14-11-19-9-12-32(13-10-19)27(34)30-21-8-7-20(35-4)15-22(21)36-5/h7-8,15,19H,6,9-14,16H2,1-5H3,(H2,28,29)(H,30,34). The molecule has 0 radical (unpaired) electrons. The van der Waals surface area contributed by atoms with E-state index in [0.717, 1.165) is 53.9 Å². The number of nitrogens with zero attached hydrogens (tertiary/aromatic N) is 4. The van der Waals surface area contributed by atoms with E-state index in [1.165, 1.54) is 0 Å². The maximum Gasteiger partial charge on any atom is 0.321 e. The number of benzene rings is 1. The number of hydrogen-bond acceptors (Lipinski definition) is 7. The van der Waals surface area contributed by atoms with E-state index in [-0.39, 0.29) is 6.03 Å². The third-order valence-electron chi connectivity index (χ3n) is 7.22. The SMILES string of the molecule is CCOCc1nc2c(N)nc(C)c(C)c2n1CCC1CCN(C(=O)Nc2ccc(OC)cc2OC)CC1. The molecule has 0 atom stereocenters. The van der Waals surface area contributed by atoms with Crippen LogP contribution in [0.25, 0.3) is 11.0 Å². The molecule has 10 heteroatoms. The van der Waals surface area contributed by atoms with Gasteiger partial charge in [0.25, 0.3) is 0 Å². The summed E-state index contributed by atoms with van der Waals surface area (Å²) in [4.78, 5) is 24.0. The average Bonchev–Trinajstić information content (AvgIpc) is 3.28. The Morgan fingerprint density at radius 1 is 1.16 bits per heavy atom. The second-order valence-electron chi connectivity index (χ2n) is 9.44. The van der Waals surface area contributed by atoms with Crippen LogP contribution in [-0.2, 0) is 17.9 Å². The van der Waals surface area contributed by atoms with Crippen LogP contribution in [0.2, 0.25) is 0 Å². The predicted octanol–water partition coefficient (Wildman–Crippen LogP) is 4.52. The van der Waals surface area contributed by atoms with Gasteiger partial charge in [0.15, 0.2) is 5.82 Å². The highest BCUT2D eigenvalue weighted by atomic mass is 16.5. The van der Waals surface area contributed by atoms with E-state index in [1.807, 2.05) is 18.7 Å². The van der Waals surface area contributed by atoms with Crippen molar-refractivity contribution in [2.45, 2.75) is 53.2 Å². The molecule has 3 N–H and O–H groups in total. The molecule has 0 spiro atoms. The lowest BCUT2D eigenvalue weighted by molar-refractivity contribution is 0.125. The summed E-state index contributed by atoms with van der Waals surface area (Å²) in [7, 11) is 3.17. The first kappa shape index (κ1) is 26.5. The lowest BCUT2D eigenvalue weighted by Gasteiger charge is -2.32. The molecule has 3 aromatic rings. The van der Waals surface area contributed by atoms with Crippen LogP contribution >= 0.6 is 0 Å². The molecule has 10 nitrogen and oxygen atoms in total. The Bertz CT molecular complexity index is 1250. The summed E-state index contributed by atoms with van der Waals surface area (Å²) in [6.45, 7) is 9.33. The molecular formula is C27H38N6O4. The van der Waals surface area contributed by atoms with Crippen LogP contribution in [0.1, 0.15) is 43.3 Å². The Kier molecular flexibility index (Phi) is 8.38. The topological polar surface area (TPSA) is 117 Å². The number of nitrogen functional groups attached to an aromatic ring is 1. The van der Waals surface area contributed by atoms with Crippen LogP contribution < -0.4 is 20.5 Å². The first-order chi connectivity index (χ1) is 17.9. The molecule has 1 aliphatic rings. The number of likely N-dealkylation sites (tertiary alicyclic amines) is 1. The van der Waals surface area contributed by atoms with E-state index in [9.17, 15) is 4.79 Å². The highest BCUT2D eigenvalue weighted by Gasteiger charge is 2.25. The second kappa shape index (κ2) is 11.7. The quantitative estimate of drug-likeness (QED) is 0.435. The maximum atomic E-state index is 12.9. The molecule has 1 aliphatic heterocycles. The molecule has 2 aromatic heterocycles. The third kappa shape index (κ3) is 5.74. The Labute approximate surface area is 218 Å². The summed E-state index contributed by atoms with van der Waals surface area (Å²) in [6, 6.07) is 5.24. The minimum absolute atomic E-state index is 0.115. The van der Waals surface area contributed by atoms with E-state index >= 15 is 0 Å². The average molecular weight is 511 g/mol. The molecule has 0 aliphatic carbocycles. The van der Waals surface area contributed by atoms with Gasteiger partial charge in [-0.3, -0.25) is 0 Å². The van der Waals surface area contributed by atoms with Crippen molar-refractivity contribution in [2.75, 3.05) is 45.0 Å². The molecule has 2 amide bonds. The van der Waals surface area contributed by atoms with Gasteiger partial charge in [-0.05, 0) is 63.6 Å². The fourth-order valence-electron chi connectivity index (χ4n) is 4.92. The number of methoxy groups -OCH3 is 2. The van der Waals surface area contributed by atoms with Crippen molar-refractivity contribution in [3.8, 4) is 11.5 Å². The van der Waals surface area contributed by atoms with Gasteiger partial charge in [-0.25, -0.2) is 14.8 Å². The number of aryl methyl sites for hydroxylation is 3. The molecule has 1 fully saturated rings. The van der Waals surface area contributed by atoms with Gasteiger partial charge in [-0.2, -0.15) is 0 Å². The molecular weight excluding hydrogens is 472 g/mol. The molecule has 0 bridgehead atoms. The van der Waals surface area contributed by atoms with Gasteiger partial charge in [0.1, 0.15) is 29.4 Å². The number of rotatable bonds is 9. The number of nitrogens with two attached hydrogens (primary N) is 1. The summed E-state index contributed by atoms with van der Waals surface area (Å²) >= 11 is 0.